The number of nitrogens with zero attached hydrogens (tertiary/aromatic N) is 1. The van der Waals surface area contributed by atoms with E-state index < -0.39 is 5.41 Å². The largest absolute Gasteiger partial charge is 0.392 e. The Bertz CT molecular complexity index is 391. The van der Waals surface area contributed by atoms with Crippen molar-refractivity contribution in [1.82, 2.24) is 4.90 Å². The van der Waals surface area contributed by atoms with Gasteiger partial charge in [-0.1, -0.05) is 38.9 Å². The second kappa shape index (κ2) is 6.61. The summed E-state index contributed by atoms with van der Waals surface area (Å²) in [6.07, 6.45) is 5.83. The Kier molecular flexibility index (Phi) is 5.25. The summed E-state index contributed by atoms with van der Waals surface area (Å²) in [6, 6.07) is 0. The minimum atomic E-state index is -0.661. The topological polar surface area (TPSA) is 55.6 Å². The molecule has 2 heterocycles. The highest BCUT2D eigenvalue weighted by Gasteiger charge is 2.46. The van der Waals surface area contributed by atoms with Crippen LogP contribution in [0.3, 0.4) is 0 Å². The Morgan fingerprint density at radius 2 is 1.67 bits per heavy atom. The van der Waals surface area contributed by atoms with Crippen LogP contribution in [0.15, 0.2) is 0 Å². The van der Waals surface area contributed by atoms with Gasteiger partial charge in [0.2, 0.25) is 5.91 Å². The molecule has 120 valence electrons. The van der Waals surface area contributed by atoms with E-state index in [1.54, 1.807) is 0 Å². The lowest BCUT2D eigenvalue weighted by molar-refractivity contribution is -0.144. The first-order chi connectivity index (χ1) is 9.99. The highest BCUT2D eigenvalue weighted by atomic mass is 32.1. The van der Waals surface area contributed by atoms with Gasteiger partial charge in [0.15, 0.2) is 0 Å². The molecule has 0 unspecified atom stereocenters. The van der Waals surface area contributed by atoms with Gasteiger partial charge in [-0.3, -0.25) is 4.79 Å². The van der Waals surface area contributed by atoms with Crippen LogP contribution in [0.5, 0.6) is 0 Å². The number of hydrogen-bond donors (Lipinski definition) is 1. The zero-order valence-corrected chi connectivity index (χ0v) is 14.1. The Morgan fingerprint density at radius 3 is 2.10 bits per heavy atom. The molecule has 0 aromatic carbocycles. The zero-order chi connectivity index (χ0) is 15.5. The fourth-order valence-corrected chi connectivity index (χ4v) is 4.02. The molecule has 0 atom stereocenters. The van der Waals surface area contributed by atoms with E-state index in [9.17, 15) is 4.79 Å². The van der Waals surface area contributed by atoms with Crippen molar-refractivity contribution in [3.8, 4) is 0 Å². The Balaban J connectivity index is 2.08. The van der Waals surface area contributed by atoms with E-state index >= 15 is 0 Å². The molecule has 0 radical (unpaired) electrons. The second-order valence-corrected chi connectivity index (χ2v) is 7.00. The molecular weight excluding hydrogens is 284 g/mol. The van der Waals surface area contributed by atoms with Gasteiger partial charge in [0, 0.05) is 26.3 Å². The molecule has 5 heteroatoms. The third kappa shape index (κ3) is 3.09. The quantitative estimate of drug-likeness (QED) is 0.810. The molecule has 1 amide bonds. The van der Waals surface area contributed by atoms with E-state index in [0.717, 1.165) is 25.9 Å². The molecule has 0 saturated carbocycles. The van der Waals surface area contributed by atoms with Crippen molar-refractivity contribution in [3.05, 3.63) is 0 Å². The Labute approximate surface area is 133 Å². The molecule has 21 heavy (non-hydrogen) atoms. The summed E-state index contributed by atoms with van der Waals surface area (Å²) >= 11 is 5.24. The van der Waals surface area contributed by atoms with Gasteiger partial charge in [-0.25, -0.2) is 0 Å². The van der Waals surface area contributed by atoms with Crippen molar-refractivity contribution in [2.45, 2.75) is 52.4 Å². The van der Waals surface area contributed by atoms with E-state index in [4.69, 9.17) is 22.7 Å². The fraction of sp³-hybridized carbons (Fsp3) is 0.875. The average molecular weight is 312 g/mol. The van der Waals surface area contributed by atoms with Gasteiger partial charge in [0.1, 0.15) is 5.41 Å². The summed E-state index contributed by atoms with van der Waals surface area (Å²) < 4.78 is 5.39. The molecular formula is C16H28N2O2S. The molecule has 4 nitrogen and oxygen atoms in total. The van der Waals surface area contributed by atoms with Crippen molar-refractivity contribution in [2.75, 3.05) is 26.3 Å². The summed E-state index contributed by atoms with van der Waals surface area (Å²) in [5.41, 5.74) is 5.70. The van der Waals surface area contributed by atoms with Gasteiger partial charge in [0.05, 0.1) is 4.99 Å². The normalized spacial score (nSPS) is 24.6. The number of carbonyl (C=O) groups excluding carboxylic acids is 1. The second-order valence-electron chi connectivity index (χ2n) is 6.56. The van der Waals surface area contributed by atoms with E-state index in [0.29, 0.717) is 36.5 Å². The number of ether oxygens (including phenoxy) is 1. The third-order valence-corrected chi connectivity index (χ3v) is 6.23. The average Bonchev–Trinajstić information content (AvgIpc) is 2.54. The summed E-state index contributed by atoms with van der Waals surface area (Å²) in [4.78, 5) is 15.3. The van der Waals surface area contributed by atoms with E-state index in [-0.39, 0.29) is 5.91 Å². The van der Waals surface area contributed by atoms with Gasteiger partial charge < -0.3 is 15.4 Å². The number of piperidine rings is 1. The molecule has 0 spiro atoms. The van der Waals surface area contributed by atoms with Crippen LogP contribution in [0.2, 0.25) is 0 Å². The Morgan fingerprint density at radius 1 is 1.14 bits per heavy atom. The predicted molar refractivity (Wildman–Crippen MR) is 88.1 cm³/mol. The summed E-state index contributed by atoms with van der Waals surface area (Å²) in [5, 5.41) is 0. The number of rotatable bonds is 4. The first-order valence-corrected chi connectivity index (χ1v) is 8.57. The van der Waals surface area contributed by atoms with Gasteiger partial charge in [0.25, 0.3) is 0 Å². The molecule has 2 N–H and O–H groups in total. The SMILES string of the molecule is CCC1(CC)CCN(C(=O)C2(C(N)=S)CCOCC2)CC1. The molecule has 0 aromatic heterocycles. The fourth-order valence-electron chi connectivity index (χ4n) is 3.73. The van der Waals surface area contributed by atoms with Crippen molar-refractivity contribution in [1.29, 1.82) is 0 Å². The lowest BCUT2D eigenvalue weighted by Crippen LogP contribution is -2.55. The molecule has 2 aliphatic rings. The zero-order valence-electron chi connectivity index (χ0n) is 13.3. The molecule has 0 aliphatic carbocycles. The van der Waals surface area contributed by atoms with E-state index in [1.807, 2.05) is 4.90 Å². The standard InChI is InChI=1S/C16H28N2O2S/c1-3-15(4-2)5-9-18(10-6-15)14(19)16(13(17)21)7-11-20-12-8-16/h3-12H2,1-2H3,(H2,17,21). The lowest BCUT2D eigenvalue weighted by atomic mass is 9.73. The number of amides is 1. The minimum Gasteiger partial charge on any atom is -0.392 e. The summed E-state index contributed by atoms with van der Waals surface area (Å²) in [6.45, 7) is 7.35. The smallest absolute Gasteiger partial charge is 0.235 e. The van der Waals surface area contributed by atoms with E-state index in [1.165, 1.54) is 12.8 Å². The molecule has 0 aromatic rings. The van der Waals surface area contributed by atoms with Crippen LogP contribution in [0.1, 0.15) is 52.4 Å². The van der Waals surface area contributed by atoms with E-state index in [2.05, 4.69) is 13.8 Å². The number of carbonyl (C=O) groups is 1. The monoisotopic (exact) mass is 312 g/mol. The minimum absolute atomic E-state index is 0.138. The summed E-state index contributed by atoms with van der Waals surface area (Å²) in [5.74, 6) is 0.138. The number of likely N-dealkylation sites (tertiary alicyclic amines) is 1. The van der Waals surface area contributed by atoms with Gasteiger partial charge >= 0.3 is 0 Å². The number of thiocarbonyl (C=S) groups is 1. The van der Waals surface area contributed by atoms with Crippen molar-refractivity contribution in [3.63, 3.8) is 0 Å². The van der Waals surface area contributed by atoms with Crippen LogP contribution in [0.25, 0.3) is 0 Å². The van der Waals surface area contributed by atoms with Crippen molar-refractivity contribution in [2.24, 2.45) is 16.6 Å². The van der Waals surface area contributed by atoms with Gasteiger partial charge in [-0.2, -0.15) is 0 Å². The van der Waals surface area contributed by atoms with Crippen LogP contribution in [-0.4, -0.2) is 42.1 Å². The molecule has 2 saturated heterocycles. The highest BCUT2D eigenvalue weighted by molar-refractivity contribution is 7.80. The predicted octanol–water partition coefficient (Wildman–Crippen LogP) is 2.50. The molecule has 2 aliphatic heterocycles. The molecule has 0 bridgehead atoms. The Hall–Kier alpha value is -0.680. The third-order valence-electron chi connectivity index (χ3n) is 5.84. The van der Waals surface area contributed by atoms with Crippen LogP contribution in [0, 0.1) is 10.8 Å². The molecule has 2 rings (SSSR count). The maximum absolute atomic E-state index is 13.0. The van der Waals surface area contributed by atoms with Crippen LogP contribution < -0.4 is 5.73 Å². The van der Waals surface area contributed by atoms with Gasteiger partial charge in [-0.15, -0.1) is 0 Å². The highest BCUT2D eigenvalue weighted by Crippen LogP contribution is 2.40. The maximum atomic E-state index is 13.0. The van der Waals surface area contributed by atoms with Crippen LogP contribution >= 0.6 is 12.2 Å². The maximum Gasteiger partial charge on any atom is 0.235 e. The lowest BCUT2D eigenvalue weighted by Gasteiger charge is -2.45. The summed E-state index contributed by atoms with van der Waals surface area (Å²) in [7, 11) is 0. The van der Waals surface area contributed by atoms with Crippen molar-refractivity contribution >= 4 is 23.1 Å². The first kappa shape index (κ1) is 16.7. The van der Waals surface area contributed by atoms with Crippen LogP contribution in [-0.2, 0) is 9.53 Å². The number of hydrogen-bond acceptors (Lipinski definition) is 3. The first-order valence-electron chi connectivity index (χ1n) is 8.17. The van der Waals surface area contributed by atoms with Gasteiger partial charge in [-0.05, 0) is 31.1 Å². The van der Waals surface area contributed by atoms with Crippen LogP contribution in [0.4, 0.5) is 0 Å². The molecule has 2 fully saturated rings. The number of nitrogens with two attached hydrogens (primary N) is 1. The van der Waals surface area contributed by atoms with Crippen molar-refractivity contribution < 1.29 is 9.53 Å².